The van der Waals surface area contributed by atoms with E-state index in [1.807, 2.05) is 13.0 Å². The first kappa shape index (κ1) is 14.4. The number of carboxylic acid groups (broad SMARTS) is 1. The van der Waals surface area contributed by atoms with Crippen LogP contribution in [0.4, 0.5) is 4.79 Å². The van der Waals surface area contributed by atoms with Crippen LogP contribution in [-0.2, 0) is 12.8 Å². The first-order valence-corrected chi connectivity index (χ1v) is 6.34. The second-order valence-electron chi connectivity index (χ2n) is 4.32. The van der Waals surface area contributed by atoms with Crippen LogP contribution in [0.5, 0.6) is 11.5 Å². The van der Waals surface area contributed by atoms with E-state index >= 15 is 0 Å². The Morgan fingerprint density at radius 3 is 2.50 bits per heavy atom. The van der Waals surface area contributed by atoms with E-state index in [1.165, 1.54) is 0 Å². The molecule has 0 aliphatic rings. The summed E-state index contributed by atoms with van der Waals surface area (Å²) in [7, 11) is 0. The molecule has 0 heterocycles. The number of phenolic OH excluding ortho intramolecular Hbond substituents is 1. The van der Waals surface area contributed by atoms with Gasteiger partial charge in [0.2, 0.25) is 0 Å². The number of hydrogen-bond donors (Lipinski definition) is 2. The fourth-order valence-electron chi connectivity index (χ4n) is 1.89. The molecule has 4 heteroatoms. The van der Waals surface area contributed by atoms with Crippen LogP contribution < -0.4 is 4.74 Å². The van der Waals surface area contributed by atoms with Crippen LogP contribution in [0.25, 0.3) is 0 Å². The Bertz CT molecular complexity index is 413. The molecule has 4 nitrogen and oxygen atoms in total. The van der Waals surface area contributed by atoms with E-state index in [-0.39, 0.29) is 11.5 Å². The molecule has 0 bridgehead atoms. The number of unbranched alkanes of at least 4 members (excludes halogenated alkanes) is 1. The summed E-state index contributed by atoms with van der Waals surface area (Å²) < 4.78 is 4.62. The smallest absolute Gasteiger partial charge is 0.504 e. The van der Waals surface area contributed by atoms with E-state index in [2.05, 4.69) is 11.7 Å². The zero-order valence-electron chi connectivity index (χ0n) is 10.9. The van der Waals surface area contributed by atoms with Gasteiger partial charge in [-0.3, -0.25) is 0 Å². The molecular formula is C14H20O4. The second kappa shape index (κ2) is 6.89. The van der Waals surface area contributed by atoms with E-state index < -0.39 is 6.16 Å². The van der Waals surface area contributed by atoms with E-state index in [0.29, 0.717) is 6.42 Å². The van der Waals surface area contributed by atoms with Crippen LogP contribution in [0.3, 0.4) is 0 Å². The Kier molecular flexibility index (Phi) is 5.49. The summed E-state index contributed by atoms with van der Waals surface area (Å²) in [6.07, 6.45) is 3.16. The summed E-state index contributed by atoms with van der Waals surface area (Å²) in [5.74, 6) is -0.0148. The Labute approximate surface area is 107 Å². The molecule has 2 N–H and O–H groups in total. The number of ether oxygens (including phenoxy) is 1. The highest BCUT2D eigenvalue weighted by molar-refractivity contribution is 5.64. The van der Waals surface area contributed by atoms with E-state index in [4.69, 9.17) is 5.11 Å². The lowest BCUT2D eigenvalue weighted by molar-refractivity contribution is 0.142. The highest BCUT2D eigenvalue weighted by atomic mass is 16.7. The second-order valence-corrected chi connectivity index (χ2v) is 4.32. The summed E-state index contributed by atoms with van der Waals surface area (Å²) in [5, 5.41) is 18.6. The van der Waals surface area contributed by atoms with Gasteiger partial charge < -0.3 is 14.9 Å². The zero-order chi connectivity index (χ0) is 13.5. The molecule has 1 rings (SSSR count). The van der Waals surface area contributed by atoms with Crippen molar-refractivity contribution in [3.05, 3.63) is 23.3 Å². The fraction of sp³-hybridized carbons (Fsp3) is 0.500. The van der Waals surface area contributed by atoms with Gasteiger partial charge in [-0.05, 0) is 36.5 Å². The minimum atomic E-state index is -1.40. The molecule has 100 valence electrons. The summed E-state index contributed by atoms with van der Waals surface area (Å²) in [4.78, 5) is 10.6. The lowest BCUT2D eigenvalue weighted by atomic mass is 10.0. The van der Waals surface area contributed by atoms with Crippen molar-refractivity contribution in [3.8, 4) is 11.5 Å². The molecule has 0 aliphatic carbocycles. The standard InChI is InChI=1S/C14H20O4/c1-3-5-7-10-8-11(6-4-2)13(15)12(9-10)18-14(16)17/h8-9,15H,3-7H2,1-2H3,(H,16,17). The number of hydrogen-bond acceptors (Lipinski definition) is 3. The summed E-state index contributed by atoms with van der Waals surface area (Å²) in [6.45, 7) is 4.11. The molecule has 18 heavy (non-hydrogen) atoms. The van der Waals surface area contributed by atoms with Crippen LogP contribution in [0.2, 0.25) is 0 Å². The van der Waals surface area contributed by atoms with E-state index in [0.717, 1.165) is 36.8 Å². The van der Waals surface area contributed by atoms with Gasteiger partial charge in [-0.25, -0.2) is 4.79 Å². The molecule has 0 aromatic heterocycles. The van der Waals surface area contributed by atoms with E-state index in [9.17, 15) is 9.90 Å². The van der Waals surface area contributed by atoms with Gasteiger partial charge in [-0.15, -0.1) is 0 Å². The maximum Gasteiger partial charge on any atom is 0.511 e. The van der Waals surface area contributed by atoms with Gasteiger partial charge in [0.05, 0.1) is 0 Å². The normalized spacial score (nSPS) is 10.3. The number of benzene rings is 1. The quantitative estimate of drug-likeness (QED) is 0.597. The molecule has 0 spiro atoms. The van der Waals surface area contributed by atoms with Crippen LogP contribution in [0.15, 0.2) is 12.1 Å². The average molecular weight is 252 g/mol. The van der Waals surface area contributed by atoms with Crippen molar-refractivity contribution in [3.63, 3.8) is 0 Å². The number of carbonyl (C=O) groups is 1. The van der Waals surface area contributed by atoms with Crippen molar-refractivity contribution in [2.24, 2.45) is 0 Å². The molecule has 0 aliphatic heterocycles. The molecule has 0 saturated heterocycles. The first-order valence-electron chi connectivity index (χ1n) is 6.34. The molecular weight excluding hydrogens is 232 g/mol. The van der Waals surface area contributed by atoms with Gasteiger partial charge in [0, 0.05) is 0 Å². The van der Waals surface area contributed by atoms with Gasteiger partial charge in [-0.2, -0.15) is 0 Å². The number of aryl methyl sites for hydroxylation is 2. The minimum absolute atomic E-state index is 0.0413. The molecule has 0 atom stereocenters. The maximum atomic E-state index is 10.6. The third-order valence-electron chi connectivity index (χ3n) is 2.75. The molecule has 0 fully saturated rings. The Morgan fingerprint density at radius 1 is 1.22 bits per heavy atom. The Balaban J connectivity index is 3.05. The van der Waals surface area contributed by atoms with Crippen molar-refractivity contribution in [2.75, 3.05) is 0 Å². The molecule has 0 radical (unpaired) electrons. The van der Waals surface area contributed by atoms with Gasteiger partial charge in [0.15, 0.2) is 11.5 Å². The fourth-order valence-corrected chi connectivity index (χ4v) is 1.89. The van der Waals surface area contributed by atoms with Gasteiger partial charge in [0.1, 0.15) is 0 Å². The molecule has 0 saturated carbocycles. The number of phenols is 1. The highest BCUT2D eigenvalue weighted by Gasteiger charge is 2.13. The summed E-state index contributed by atoms with van der Waals surface area (Å²) in [5.41, 5.74) is 1.76. The highest BCUT2D eigenvalue weighted by Crippen LogP contribution is 2.33. The Hall–Kier alpha value is -1.71. The molecule has 0 amide bonds. The third kappa shape index (κ3) is 3.95. The first-order chi connectivity index (χ1) is 8.58. The van der Waals surface area contributed by atoms with Crippen molar-refractivity contribution in [1.82, 2.24) is 0 Å². The predicted molar refractivity (Wildman–Crippen MR) is 69.4 cm³/mol. The monoisotopic (exact) mass is 252 g/mol. The summed E-state index contributed by atoms with van der Waals surface area (Å²) in [6, 6.07) is 3.54. The van der Waals surface area contributed by atoms with Crippen LogP contribution in [0, 0.1) is 0 Å². The van der Waals surface area contributed by atoms with E-state index in [1.54, 1.807) is 6.07 Å². The van der Waals surface area contributed by atoms with Crippen LogP contribution >= 0.6 is 0 Å². The molecule has 1 aromatic carbocycles. The predicted octanol–water partition coefficient (Wildman–Crippen LogP) is 3.74. The number of rotatable bonds is 6. The lowest BCUT2D eigenvalue weighted by Gasteiger charge is -2.11. The molecule has 1 aromatic rings. The largest absolute Gasteiger partial charge is 0.511 e. The minimum Gasteiger partial charge on any atom is -0.504 e. The third-order valence-corrected chi connectivity index (χ3v) is 2.75. The van der Waals surface area contributed by atoms with Crippen molar-refractivity contribution in [1.29, 1.82) is 0 Å². The van der Waals surface area contributed by atoms with Gasteiger partial charge >= 0.3 is 6.16 Å². The lowest BCUT2D eigenvalue weighted by Crippen LogP contribution is -2.05. The van der Waals surface area contributed by atoms with Crippen LogP contribution in [0.1, 0.15) is 44.2 Å². The van der Waals surface area contributed by atoms with Gasteiger partial charge in [-0.1, -0.05) is 32.8 Å². The van der Waals surface area contributed by atoms with Crippen LogP contribution in [-0.4, -0.2) is 16.4 Å². The van der Waals surface area contributed by atoms with Crippen molar-refractivity contribution in [2.45, 2.75) is 46.0 Å². The topological polar surface area (TPSA) is 66.8 Å². The zero-order valence-corrected chi connectivity index (χ0v) is 10.9. The SMILES string of the molecule is CCCCc1cc(CCC)c(O)c(OC(=O)O)c1. The van der Waals surface area contributed by atoms with Crippen molar-refractivity contribution >= 4 is 6.16 Å². The number of aromatic hydroxyl groups is 1. The van der Waals surface area contributed by atoms with Gasteiger partial charge in [0.25, 0.3) is 0 Å². The van der Waals surface area contributed by atoms with Crippen molar-refractivity contribution < 1.29 is 19.7 Å². The molecule has 0 unspecified atom stereocenters. The average Bonchev–Trinajstić information content (AvgIpc) is 2.31. The maximum absolute atomic E-state index is 10.6. The Morgan fingerprint density at radius 2 is 1.94 bits per heavy atom. The summed E-state index contributed by atoms with van der Waals surface area (Å²) >= 11 is 0.